The monoisotopic (exact) mass is 829 g/mol. The predicted molar refractivity (Wildman–Crippen MR) is 228 cm³/mol. The molecule has 13 nitrogen and oxygen atoms in total. The molecule has 3 amide bonds. The number of aliphatic hydroxyl groups is 1. The summed E-state index contributed by atoms with van der Waals surface area (Å²) in [5, 5.41) is 13.1. The van der Waals surface area contributed by atoms with E-state index in [1.807, 2.05) is 76.8 Å². The lowest BCUT2D eigenvalue weighted by Crippen LogP contribution is -2.54. The fraction of sp³-hybridized carbons (Fsp3) is 0.761. The van der Waals surface area contributed by atoms with Gasteiger partial charge in [-0.2, -0.15) is 0 Å². The van der Waals surface area contributed by atoms with Crippen LogP contribution in [0.3, 0.4) is 0 Å². The Labute approximate surface area is 354 Å². The van der Waals surface area contributed by atoms with Crippen molar-refractivity contribution in [2.45, 2.75) is 143 Å². The van der Waals surface area contributed by atoms with Crippen LogP contribution in [0.1, 0.15) is 112 Å². The van der Waals surface area contributed by atoms with Crippen LogP contribution in [0.25, 0.3) is 0 Å². The van der Waals surface area contributed by atoms with Crippen LogP contribution < -0.4 is 5.32 Å². The van der Waals surface area contributed by atoms with Gasteiger partial charge in [-0.1, -0.05) is 92.1 Å². The molecule has 2 heterocycles. The van der Waals surface area contributed by atoms with Gasteiger partial charge in [0.1, 0.15) is 11.9 Å². The van der Waals surface area contributed by atoms with Crippen molar-refractivity contribution in [2.24, 2.45) is 35.5 Å². The van der Waals surface area contributed by atoms with Crippen LogP contribution in [0.2, 0.25) is 0 Å². The number of carbonyl (C=O) groups is 5. The van der Waals surface area contributed by atoms with E-state index in [-0.39, 0.29) is 84.9 Å². The third kappa shape index (κ3) is 13.1. The van der Waals surface area contributed by atoms with Crippen molar-refractivity contribution in [1.82, 2.24) is 20.0 Å². The van der Waals surface area contributed by atoms with Crippen molar-refractivity contribution < 1.29 is 43.3 Å². The Morgan fingerprint density at radius 1 is 0.864 bits per heavy atom. The molecule has 1 aromatic rings. The zero-order valence-corrected chi connectivity index (χ0v) is 38.0. The van der Waals surface area contributed by atoms with Gasteiger partial charge in [-0.05, 0) is 49.6 Å². The second-order valence-corrected chi connectivity index (χ2v) is 17.9. The van der Waals surface area contributed by atoms with E-state index in [1.165, 1.54) is 4.90 Å². The zero-order chi connectivity index (χ0) is 44.1. The van der Waals surface area contributed by atoms with Crippen LogP contribution in [-0.4, -0.2) is 134 Å². The molecule has 1 unspecified atom stereocenters. The number of amides is 3. The summed E-state index contributed by atoms with van der Waals surface area (Å²) in [4.78, 5) is 74.3. The molecule has 0 bridgehead atoms. The standard InChI is InChI=1S/C46H76N4O9/c1-13-30(6)42(48(10)45(55)35(28(2)3)25-38(53)41(47-9)29(4)5)39(57-11)26-40(54)50-22-17-20-36(50)44(58-12)32(8)37(52)24-31(7)43(33-18-15-14-16-19-33)59-46(56)49-23-21-34(51)27-49/h14-16,18-19,28-32,34-36,39,41-44,47,51H,13,17,20-27H2,1-12H3/t30-,31-,32-,34+,35-,36-,39?,41-,42-,43+,44+/m0/s1. The topological polar surface area (TPSA) is 155 Å². The number of nitrogens with zero attached hydrogens (tertiary/aromatic N) is 3. The lowest BCUT2D eigenvalue weighted by molar-refractivity contribution is -0.149. The summed E-state index contributed by atoms with van der Waals surface area (Å²) < 4.78 is 18.1. The summed E-state index contributed by atoms with van der Waals surface area (Å²) in [5.74, 6) is -1.76. The normalized spacial score (nSPS) is 21.7. The lowest BCUT2D eigenvalue weighted by Gasteiger charge is -2.41. The molecule has 3 rings (SSSR count). The first-order valence-corrected chi connectivity index (χ1v) is 21.9. The summed E-state index contributed by atoms with van der Waals surface area (Å²) in [6.45, 7) is 16.9. The molecule has 11 atom stereocenters. The average Bonchev–Trinajstić information content (AvgIpc) is 3.88. The van der Waals surface area contributed by atoms with Crippen LogP contribution in [0, 0.1) is 35.5 Å². The molecule has 1 aromatic carbocycles. The maximum absolute atomic E-state index is 14.3. The summed E-state index contributed by atoms with van der Waals surface area (Å²) in [6.07, 6.45) is -0.0127. The number of methoxy groups -OCH3 is 2. The first-order valence-electron chi connectivity index (χ1n) is 21.9. The highest BCUT2D eigenvalue weighted by Gasteiger charge is 2.43. The maximum Gasteiger partial charge on any atom is 0.410 e. The number of nitrogens with one attached hydrogen (secondary N) is 1. The number of hydrogen-bond donors (Lipinski definition) is 2. The Bertz CT molecular complexity index is 1510. The van der Waals surface area contributed by atoms with Gasteiger partial charge in [0, 0.05) is 71.5 Å². The van der Waals surface area contributed by atoms with Crippen LogP contribution in [0.15, 0.2) is 30.3 Å². The minimum absolute atomic E-state index is 0.00685. The fourth-order valence-electron chi connectivity index (χ4n) is 9.28. The first kappa shape index (κ1) is 50.0. The molecule has 0 saturated carbocycles. The number of ketones is 2. The number of carbonyl (C=O) groups excluding carboxylic acids is 5. The Morgan fingerprint density at radius 3 is 2.05 bits per heavy atom. The van der Waals surface area contributed by atoms with E-state index in [1.54, 1.807) is 33.2 Å². The van der Waals surface area contributed by atoms with Crippen molar-refractivity contribution in [2.75, 3.05) is 47.9 Å². The summed E-state index contributed by atoms with van der Waals surface area (Å²) in [6, 6.07) is 8.26. The Hall–Kier alpha value is -3.39. The number of likely N-dealkylation sites (tertiary alicyclic amines) is 2. The third-order valence-corrected chi connectivity index (χ3v) is 13.0. The number of Topliss-reactive ketones (excluding diaryl/α,β-unsaturated/α-hetero) is 2. The molecule has 2 fully saturated rings. The molecule has 13 heteroatoms. The SMILES string of the molecule is CC[C@H](C)[C@@H](C(CC(=O)N1CCC[C@H]1[C@H](OC)[C@@H](C)C(=O)C[C@H](C)[C@@H](OC(=O)N1CC[C@@H](O)C1)c1ccccc1)OC)N(C)C(=O)[C@@H](CC(=O)[C@@H](NC)C(C)C)C(C)C. The Balaban J connectivity index is 1.77. The minimum Gasteiger partial charge on any atom is -0.441 e. The molecule has 334 valence electrons. The average molecular weight is 829 g/mol. The summed E-state index contributed by atoms with van der Waals surface area (Å²) in [7, 11) is 6.68. The van der Waals surface area contributed by atoms with Gasteiger partial charge in [-0.3, -0.25) is 19.2 Å². The van der Waals surface area contributed by atoms with Gasteiger partial charge in [0.15, 0.2) is 5.78 Å². The van der Waals surface area contributed by atoms with Crippen molar-refractivity contribution in [3.05, 3.63) is 35.9 Å². The van der Waals surface area contributed by atoms with E-state index in [4.69, 9.17) is 14.2 Å². The summed E-state index contributed by atoms with van der Waals surface area (Å²) >= 11 is 0. The van der Waals surface area contributed by atoms with Crippen LogP contribution >= 0.6 is 0 Å². The van der Waals surface area contributed by atoms with Crippen molar-refractivity contribution in [3.8, 4) is 0 Å². The minimum atomic E-state index is -0.681. The van der Waals surface area contributed by atoms with Gasteiger partial charge in [-0.15, -0.1) is 0 Å². The largest absolute Gasteiger partial charge is 0.441 e. The highest BCUT2D eigenvalue weighted by atomic mass is 16.6. The molecule has 59 heavy (non-hydrogen) atoms. The highest BCUT2D eigenvalue weighted by Crippen LogP contribution is 2.34. The van der Waals surface area contributed by atoms with Gasteiger partial charge in [0.2, 0.25) is 11.8 Å². The molecule has 2 saturated heterocycles. The number of rotatable bonds is 23. The number of hydrogen-bond acceptors (Lipinski definition) is 10. The van der Waals surface area contributed by atoms with E-state index >= 15 is 0 Å². The maximum atomic E-state index is 14.3. The number of aliphatic hydroxyl groups excluding tert-OH is 1. The fourth-order valence-corrected chi connectivity index (χ4v) is 9.28. The van der Waals surface area contributed by atoms with Gasteiger partial charge < -0.3 is 39.3 Å². The molecule has 0 spiro atoms. The van der Waals surface area contributed by atoms with Crippen molar-refractivity contribution in [3.63, 3.8) is 0 Å². The van der Waals surface area contributed by atoms with E-state index in [2.05, 4.69) is 19.2 Å². The summed E-state index contributed by atoms with van der Waals surface area (Å²) in [5.41, 5.74) is 0.780. The molecular formula is C46H76N4O9. The van der Waals surface area contributed by atoms with E-state index in [9.17, 15) is 29.1 Å². The number of likely N-dealkylation sites (N-methyl/N-ethyl adjacent to an activating group) is 2. The molecule has 0 aromatic heterocycles. The number of β-amino-alcohol motifs (C(OH)–C–C–N with tert-alkyl or cyclic N) is 1. The molecular weight excluding hydrogens is 753 g/mol. The van der Waals surface area contributed by atoms with E-state index in [0.717, 1.165) is 18.4 Å². The lowest BCUT2D eigenvalue weighted by atomic mass is 9.84. The van der Waals surface area contributed by atoms with E-state index < -0.39 is 48.4 Å². The Morgan fingerprint density at radius 2 is 1.53 bits per heavy atom. The van der Waals surface area contributed by atoms with Gasteiger partial charge in [0.25, 0.3) is 0 Å². The second-order valence-electron chi connectivity index (χ2n) is 17.9. The first-order chi connectivity index (χ1) is 27.9. The van der Waals surface area contributed by atoms with Crippen LogP contribution in [0.4, 0.5) is 4.79 Å². The van der Waals surface area contributed by atoms with Gasteiger partial charge in [0.05, 0.1) is 42.9 Å². The van der Waals surface area contributed by atoms with Crippen molar-refractivity contribution >= 4 is 29.5 Å². The van der Waals surface area contributed by atoms with E-state index in [0.29, 0.717) is 25.9 Å². The molecule has 2 aliphatic heterocycles. The zero-order valence-electron chi connectivity index (χ0n) is 38.0. The molecule has 2 N–H and O–H groups in total. The molecule has 0 aliphatic carbocycles. The molecule has 2 aliphatic rings. The van der Waals surface area contributed by atoms with Gasteiger partial charge >= 0.3 is 6.09 Å². The van der Waals surface area contributed by atoms with Gasteiger partial charge in [-0.25, -0.2) is 4.79 Å². The Kier molecular flexibility index (Phi) is 20.0. The quantitative estimate of drug-likeness (QED) is 0.136. The number of ether oxygens (including phenoxy) is 3. The predicted octanol–water partition coefficient (Wildman–Crippen LogP) is 5.92. The smallest absolute Gasteiger partial charge is 0.410 e. The third-order valence-electron chi connectivity index (χ3n) is 13.0. The molecule has 0 radical (unpaired) electrons. The highest BCUT2D eigenvalue weighted by molar-refractivity contribution is 5.90. The van der Waals surface area contributed by atoms with Crippen molar-refractivity contribution in [1.29, 1.82) is 0 Å². The second kappa shape index (κ2) is 23.6. The van der Waals surface area contributed by atoms with Crippen LogP contribution in [0.5, 0.6) is 0 Å². The number of benzene rings is 1. The van der Waals surface area contributed by atoms with Crippen LogP contribution in [-0.2, 0) is 33.4 Å².